The summed E-state index contributed by atoms with van der Waals surface area (Å²) in [5.41, 5.74) is 1.43. The van der Waals surface area contributed by atoms with Crippen LogP contribution in [-0.4, -0.2) is 52.2 Å². The standard InChI is InChI=1S/C22H22F3N5O2S/c1-13-5-3-4-6-17(13)30-21(29-9-11-32-12-10-29)27-28-22(30)33-14(2)20(31)26-16-8-7-15(23)18(24)19(16)25/h3-8,14H,9-12H2,1-2H3,(H,26,31). The highest BCUT2D eigenvalue weighted by Crippen LogP contribution is 2.31. The van der Waals surface area contributed by atoms with Crippen LogP contribution in [0.1, 0.15) is 12.5 Å². The maximum Gasteiger partial charge on any atom is 0.237 e. The summed E-state index contributed by atoms with van der Waals surface area (Å²) in [5.74, 6) is -4.36. The number of morpholine rings is 1. The molecule has 0 aliphatic carbocycles. The van der Waals surface area contributed by atoms with Crippen molar-refractivity contribution in [3.05, 3.63) is 59.4 Å². The Morgan fingerprint density at radius 1 is 1.09 bits per heavy atom. The van der Waals surface area contributed by atoms with Gasteiger partial charge < -0.3 is 15.0 Å². The highest BCUT2D eigenvalue weighted by molar-refractivity contribution is 8.00. The summed E-state index contributed by atoms with van der Waals surface area (Å²) in [6.45, 7) is 6.03. The molecule has 33 heavy (non-hydrogen) atoms. The number of ether oxygens (including phenoxy) is 1. The Labute approximate surface area is 192 Å². The van der Waals surface area contributed by atoms with Crippen LogP contribution in [0.2, 0.25) is 0 Å². The molecular formula is C22H22F3N5O2S. The summed E-state index contributed by atoms with van der Waals surface area (Å²) in [6, 6.07) is 9.48. The molecule has 0 spiro atoms. The van der Waals surface area contributed by atoms with Crippen molar-refractivity contribution >= 4 is 29.3 Å². The van der Waals surface area contributed by atoms with Gasteiger partial charge in [-0.05, 0) is 37.6 Å². The predicted molar refractivity (Wildman–Crippen MR) is 119 cm³/mol. The smallest absolute Gasteiger partial charge is 0.237 e. The van der Waals surface area contributed by atoms with Crippen molar-refractivity contribution in [2.75, 3.05) is 36.5 Å². The summed E-state index contributed by atoms with van der Waals surface area (Å²) in [6.07, 6.45) is 0. The Morgan fingerprint density at radius 2 is 1.82 bits per heavy atom. The van der Waals surface area contributed by atoms with Gasteiger partial charge in [0.2, 0.25) is 11.9 Å². The first kappa shape index (κ1) is 23.1. The molecule has 174 valence electrons. The molecule has 7 nitrogen and oxygen atoms in total. The summed E-state index contributed by atoms with van der Waals surface area (Å²) in [4.78, 5) is 14.8. The summed E-state index contributed by atoms with van der Waals surface area (Å²) in [7, 11) is 0. The van der Waals surface area contributed by atoms with Gasteiger partial charge in [-0.3, -0.25) is 9.36 Å². The molecular weight excluding hydrogens is 455 g/mol. The highest BCUT2D eigenvalue weighted by atomic mass is 32.2. The quantitative estimate of drug-likeness (QED) is 0.428. The van der Waals surface area contributed by atoms with Gasteiger partial charge in [-0.15, -0.1) is 10.2 Å². The Balaban J connectivity index is 1.61. The number of para-hydroxylation sites is 1. The number of aromatic nitrogens is 3. The second-order valence-electron chi connectivity index (χ2n) is 7.48. The molecule has 1 N–H and O–H groups in total. The van der Waals surface area contributed by atoms with Gasteiger partial charge in [0.15, 0.2) is 22.6 Å². The van der Waals surface area contributed by atoms with E-state index in [1.165, 1.54) is 0 Å². The molecule has 11 heteroatoms. The van der Waals surface area contributed by atoms with Crippen LogP contribution in [0.4, 0.5) is 24.8 Å². The van der Waals surface area contributed by atoms with E-state index in [2.05, 4.69) is 20.4 Å². The molecule has 4 rings (SSSR count). The third-order valence-corrected chi connectivity index (χ3v) is 6.25. The lowest BCUT2D eigenvalue weighted by atomic mass is 10.2. The Kier molecular flexibility index (Phi) is 6.89. The number of carbonyl (C=O) groups excluding carboxylic acids is 1. The van der Waals surface area contributed by atoms with Gasteiger partial charge in [0, 0.05) is 13.1 Å². The van der Waals surface area contributed by atoms with E-state index in [-0.39, 0.29) is 0 Å². The van der Waals surface area contributed by atoms with Crippen molar-refractivity contribution in [1.82, 2.24) is 14.8 Å². The number of aryl methyl sites for hydroxylation is 1. The Morgan fingerprint density at radius 3 is 2.55 bits per heavy atom. The molecule has 1 aliphatic rings. The number of carbonyl (C=O) groups is 1. The second-order valence-corrected chi connectivity index (χ2v) is 8.78. The molecule has 1 atom stereocenters. The third-order valence-electron chi connectivity index (χ3n) is 5.21. The van der Waals surface area contributed by atoms with Crippen LogP contribution in [0.3, 0.4) is 0 Å². The number of benzene rings is 2. The maximum absolute atomic E-state index is 14.0. The molecule has 0 saturated carbocycles. The van der Waals surface area contributed by atoms with Crippen LogP contribution in [0.25, 0.3) is 5.69 Å². The van der Waals surface area contributed by atoms with Crippen molar-refractivity contribution in [3.8, 4) is 5.69 Å². The fraction of sp³-hybridized carbons (Fsp3) is 0.318. The Hall–Kier alpha value is -3.05. The molecule has 2 aromatic carbocycles. The van der Waals surface area contributed by atoms with E-state index >= 15 is 0 Å². The zero-order chi connectivity index (χ0) is 23.5. The average Bonchev–Trinajstić information content (AvgIpc) is 3.23. The number of halogens is 3. The van der Waals surface area contributed by atoms with Crippen molar-refractivity contribution in [1.29, 1.82) is 0 Å². The van der Waals surface area contributed by atoms with E-state index in [0.29, 0.717) is 37.4 Å². The van der Waals surface area contributed by atoms with Crippen LogP contribution in [0.5, 0.6) is 0 Å². The second kappa shape index (κ2) is 9.84. The number of hydrogen-bond donors (Lipinski definition) is 1. The molecule has 1 aromatic heterocycles. The number of nitrogens with one attached hydrogen (secondary N) is 1. The first-order chi connectivity index (χ1) is 15.9. The molecule has 1 fully saturated rings. The van der Waals surface area contributed by atoms with Crippen molar-refractivity contribution in [3.63, 3.8) is 0 Å². The summed E-state index contributed by atoms with van der Waals surface area (Å²) in [5, 5.41) is 10.7. The van der Waals surface area contributed by atoms with Crippen LogP contribution in [-0.2, 0) is 9.53 Å². The molecule has 1 aliphatic heterocycles. The first-order valence-corrected chi connectivity index (χ1v) is 11.2. The number of hydrogen-bond acceptors (Lipinski definition) is 6. The van der Waals surface area contributed by atoms with E-state index < -0.39 is 34.3 Å². The SMILES string of the molecule is Cc1ccccc1-n1c(SC(C)C(=O)Nc2ccc(F)c(F)c2F)nnc1N1CCOCC1. The molecule has 1 unspecified atom stereocenters. The lowest BCUT2D eigenvalue weighted by Crippen LogP contribution is -2.38. The molecule has 1 amide bonds. The summed E-state index contributed by atoms with van der Waals surface area (Å²) < 4.78 is 48.0. The zero-order valence-electron chi connectivity index (χ0n) is 18.0. The van der Waals surface area contributed by atoms with Gasteiger partial charge in [0.1, 0.15) is 0 Å². The minimum atomic E-state index is -1.64. The van der Waals surface area contributed by atoms with Gasteiger partial charge in [-0.1, -0.05) is 30.0 Å². The largest absolute Gasteiger partial charge is 0.378 e. The highest BCUT2D eigenvalue weighted by Gasteiger charge is 2.26. The minimum Gasteiger partial charge on any atom is -0.378 e. The van der Waals surface area contributed by atoms with E-state index in [1.54, 1.807) is 6.92 Å². The fourth-order valence-electron chi connectivity index (χ4n) is 3.40. The van der Waals surface area contributed by atoms with Gasteiger partial charge in [-0.25, -0.2) is 13.2 Å². The third kappa shape index (κ3) is 4.83. The van der Waals surface area contributed by atoms with E-state index in [4.69, 9.17) is 4.74 Å². The lowest BCUT2D eigenvalue weighted by molar-refractivity contribution is -0.115. The lowest BCUT2D eigenvalue weighted by Gasteiger charge is -2.28. The van der Waals surface area contributed by atoms with E-state index in [9.17, 15) is 18.0 Å². The van der Waals surface area contributed by atoms with Crippen molar-refractivity contribution in [2.45, 2.75) is 24.3 Å². The minimum absolute atomic E-state index is 0.430. The van der Waals surface area contributed by atoms with Crippen LogP contribution in [0, 0.1) is 24.4 Å². The van der Waals surface area contributed by atoms with Crippen LogP contribution < -0.4 is 10.2 Å². The summed E-state index contributed by atoms with van der Waals surface area (Å²) >= 11 is 1.13. The van der Waals surface area contributed by atoms with E-state index in [1.807, 2.05) is 35.8 Å². The molecule has 2 heterocycles. The first-order valence-electron chi connectivity index (χ1n) is 10.3. The average molecular weight is 478 g/mol. The van der Waals surface area contributed by atoms with Crippen LogP contribution in [0.15, 0.2) is 41.6 Å². The van der Waals surface area contributed by atoms with Crippen LogP contribution >= 0.6 is 11.8 Å². The molecule has 1 saturated heterocycles. The van der Waals surface area contributed by atoms with E-state index in [0.717, 1.165) is 35.1 Å². The fourth-order valence-corrected chi connectivity index (χ4v) is 4.26. The Bertz CT molecular complexity index is 1170. The van der Waals surface area contributed by atoms with Gasteiger partial charge in [-0.2, -0.15) is 0 Å². The number of nitrogens with zero attached hydrogens (tertiary/aromatic N) is 4. The van der Waals surface area contributed by atoms with Crippen molar-refractivity contribution in [2.24, 2.45) is 0 Å². The number of rotatable bonds is 6. The topological polar surface area (TPSA) is 72.3 Å². The number of anilines is 2. The molecule has 0 radical (unpaired) electrons. The monoisotopic (exact) mass is 477 g/mol. The molecule has 0 bridgehead atoms. The van der Waals surface area contributed by atoms with Crippen molar-refractivity contribution < 1.29 is 22.7 Å². The molecule has 3 aromatic rings. The number of thioether (sulfide) groups is 1. The predicted octanol–water partition coefficient (Wildman–Crippen LogP) is 3.95. The number of amides is 1. The normalized spacial score (nSPS) is 14.9. The zero-order valence-corrected chi connectivity index (χ0v) is 18.8. The van der Waals surface area contributed by atoms with Gasteiger partial charge in [0.25, 0.3) is 0 Å². The maximum atomic E-state index is 14.0. The van der Waals surface area contributed by atoms with Gasteiger partial charge in [0.05, 0.1) is 29.8 Å². The van der Waals surface area contributed by atoms with Gasteiger partial charge >= 0.3 is 0 Å².